The van der Waals surface area contributed by atoms with Crippen LogP contribution < -0.4 is 0 Å². The van der Waals surface area contributed by atoms with Crippen molar-refractivity contribution in [2.75, 3.05) is 0 Å². The van der Waals surface area contributed by atoms with Crippen molar-refractivity contribution in [3.8, 4) is 11.5 Å². The van der Waals surface area contributed by atoms with Crippen LogP contribution in [0.15, 0.2) is 11.6 Å². The molecule has 0 fully saturated rings. The van der Waals surface area contributed by atoms with E-state index in [0.717, 1.165) is 24.0 Å². The molecular weight excluding hydrogens is 272 g/mol. The molecule has 0 saturated heterocycles. The largest absolute Gasteiger partial charge is 0.504 e. The highest BCUT2D eigenvalue weighted by molar-refractivity contribution is 5.63. The van der Waals surface area contributed by atoms with Crippen LogP contribution in [0.5, 0.6) is 11.5 Å². The zero-order chi connectivity index (χ0) is 16.2. The lowest BCUT2D eigenvalue weighted by atomic mass is 9.62. The monoisotopic (exact) mass is 300 g/mol. The first-order chi connectivity index (χ1) is 10.3. The van der Waals surface area contributed by atoms with Gasteiger partial charge in [-0.1, -0.05) is 25.5 Å². The van der Waals surface area contributed by atoms with E-state index < -0.39 is 0 Å². The Bertz CT molecular complexity index is 638. The second-order valence-electron chi connectivity index (χ2n) is 7.71. The lowest BCUT2D eigenvalue weighted by Gasteiger charge is -2.43. The van der Waals surface area contributed by atoms with Crippen molar-refractivity contribution in [2.24, 2.45) is 5.92 Å². The molecule has 0 aliphatic heterocycles. The van der Waals surface area contributed by atoms with E-state index >= 15 is 0 Å². The lowest BCUT2D eigenvalue weighted by molar-refractivity contribution is 0.318. The maximum atomic E-state index is 10.5. The molecule has 2 N–H and O–H groups in total. The summed E-state index contributed by atoms with van der Waals surface area (Å²) in [4.78, 5) is 0. The van der Waals surface area contributed by atoms with Crippen LogP contribution in [0.2, 0.25) is 0 Å². The minimum atomic E-state index is 0.1000. The molecule has 0 saturated carbocycles. The van der Waals surface area contributed by atoms with Gasteiger partial charge in [-0.3, -0.25) is 0 Å². The molecule has 120 valence electrons. The van der Waals surface area contributed by atoms with Gasteiger partial charge >= 0.3 is 0 Å². The number of hydrogen-bond acceptors (Lipinski definition) is 2. The molecule has 0 radical (unpaired) electrons. The van der Waals surface area contributed by atoms with Gasteiger partial charge in [-0.25, -0.2) is 0 Å². The van der Waals surface area contributed by atoms with Crippen LogP contribution in [-0.4, -0.2) is 10.2 Å². The average Bonchev–Trinajstić information content (AvgIpc) is 2.43. The van der Waals surface area contributed by atoms with Gasteiger partial charge < -0.3 is 10.2 Å². The van der Waals surface area contributed by atoms with Crippen molar-refractivity contribution in [3.63, 3.8) is 0 Å². The Hall–Kier alpha value is -1.44. The molecule has 0 amide bonds. The third kappa shape index (κ3) is 2.15. The molecule has 0 bridgehead atoms. The van der Waals surface area contributed by atoms with Crippen molar-refractivity contribution in [1.82, 2.24) is 0 Å². The molecule has 1 aromatic carbocycles. The molecule has 0 heterocycles. The topological polar surface area (TPSA) is 40.5 Å². The number of benzene rings is 1. The Morgan fingerprint density at radius 3 is 2.32 bits per heavy atom. The summed E-state index contributed by atoms with van der Waals surface area (Å²) in [7, 11) is 0. The van der Waals surface area contributed by atoms with Gasteiger partial charge in [-0.2, -0.15) is 0 Å². The Balaban J connectivity index is 2.33. The summed E-state index contributed by atoms with van der Waals surface area (Å²) in [6, 6.07) is 0. The van der Waals surface area contributed by atoms with Gasteiger partial charge in [-0.15, -0.1) is 0 Å². The molecular formula is C20H28O2. The quantitative estimate of drug-likeness (QED) is 0.533. The molecule has 1 unspecified atom stereocenters. The number of rotatable bonds is 1. The molecule has 2 heteroatoms. The Morgan fingerprint density at radius 1 is 1.00 bits per heavy atom. The van der Waals surface area contributed by atoms with Gasteiger partial charge in [0, 0.05) is 11.5 Å². The number of phenolic OH excluding ortho intramolecular Hbond substituents is 2. The van der Waals surface area contributed by atoms with E-state index in [2.05, 4.69) is 33.8 Å². The number of hydrogen-bond donors (Lipinski definition) is 2. The van der Waals surface area contributed by atoms with E-state index in [1.807, 2.05) is 6.92 Å². The van der Waals surface area contributed by atoms with E-state index in [4.69, 9.17) is 0 Å². The Kier molecular flexibility index (Phi) is 3.74. The minimum Gasteiger partial charge on any atom is -0.504 e. The molecule has 3 rings (SSSR count). The highest BCUT2D eigenvalue weighted by atomic mass is 16.3. The van der Waals surface area contributed by atoms with Crippen LogP contribution in [0.4, 0.5) is 0 Å². The van der Waals surface area contributed by atoms with E-state index in [-0.39, 0.29) is 11.5 Å². The number of aromatic hydroxyl groups is 2. The molecule has 1 aromatic rings. The summed E-state index contributed by atoms with van der Waals surface area (Å²) in [5.41, 5.74) is 5.87. The zero-order valence-corrected chi connectivity index (χ0v) is 14.4. The first-order valence-corrected chi connectivity index (χ1v) is 8.56. The normalized spacial score (nSPS) is 29.9. The molecule has 2 aliphatic rings. The van der Waals surface area contributed by atoms with E-state index in [1.54, 1.807) is 0 Å². The third-order valence-electron chi connectivity index (χ3n) is 5.81. The fourth-order valence-corrected chi connectivity index (χ4v) is 4.81. The molecule has 0 spiro atoms. The Morgan fingerprint density at radius 2 is 1.68 bits per heavy atom. The standard InChI is InChI=1S/C20H28O2/c1-10(2)8-14-9-12(4)15-7-6-11(3)16-18(15)17(14)13(5)19(21)20(16)22/h8,11-12,14-15,21-22H,6-7,9H2,1-5H3/t11-,12-,14?,15+/m0/s1. The van der Waals surface area contributed by atoms with E-state index in [9.17, 15) is 10.2 Å². The molecule has 2 aliphatic carbocycles. The molecule has 0 aromatic heterocycles. The van der Waals surface area contributed by atoms with Gasteiger partial charge in [0.2, 0.25) is 0 Å². The van der Waals surface area contributed by atoms with Crippen LogP contribution in [0.1, 0.15) is 87.0 Å². The van der Waals surface area contributed by atoms with Gasteiger partial charge in [0.25, 0.3) is 0 Å². The van der Waals surface area contributed by atoms with Crippen molar-refractivity contribution in [1.29, 1.82) is 0 Å². The number of allylic oxidation sites excluding steroid dienone is 2. The van der Waals surface area contributed by atoms with Crippen LogP contribution >= 0.6 is 0 Å². The van der Waals surface area contributed by atoms with Crippen LogP contribution in [-0.2, 0) is 0 Å². The summed E-state index contributed by atoms with van der Waals surface area (Å²) < 4.78 is 0. The lowest BCUT2D eigenvalue weighted by Crippen LogP contribution is -2.28. The summed E-state index contributed by atoms with van der Waals surface area (Å²) in [5.74, 6) is 2.09. The zero-order valence-electron chi connectivity index (χ0n) is 14.4. The maximum absolute atomic E-state index is 10.5. The number of phenols is 2. The predicted octanol–water partition coefficient (Wildman–Crippen LogP) is 5.48. The second-order valence-corrected chi connectivity index (χ2v) is 7.71. The molecule has 22 heavy (non-hydrogen) atoms. The SMILES string of the molecule is CC(C)=CC1C[C@H](C)[C@H]2CC[C@H](C)c3c(O)c(O)c(C)c1c32. The van der Waals surface area contributed by atoms with E-state index in [1.165, 1.54) is 23.1 Å². The van der Waals surface area contributed by atoms with Crippen molar-refractivity contribution >= 4 is 0 Å². The highest BCUT2D eigenvalue weighted by Crippen LogP contribution is 2.57. The average molecular weight is 300 g/mol. The summed E-state index contributed by atoms with van der Waals surface area (Å²) in [6.45, 7) is 10.8. The van der Waals surface area contributed by atoms with Crippen LogP contribution in [0.25, 0.3) is 0 Å². The van der Waals surface area contributed by atoms with Crippen molar-refractivity contribution in [3.05, 3.63) is 33.9 Å². The van der Waals surface area contributed by atoms with Crippen LogP contribution in [0.3, 0.4) is 0 Å². The predicted molar refractivity (Wildman–Crippen MR) is 90.9 cm³/mol. The first kappa shape index (κ1) is 15.5. The smallest absolute Gasteiger partial charge is 0.161 e. The van der Waals surface area contributed by atoms with E-state index in [0.29, 0.717) is 23.7 Å². The highest BCUT2D eigenvalue weighted by Gasteiger charge is 2.40. The second kappa shape index (κ2) is 5.33. The Labute approximate surface area is 133 Å². The summed E-state index contributed by atoms with van der Waals surface area (Å²) in [5, 5.41) is 21.0. The first-order valence-electron chi connectivity index (χ1n) is 8.56. The van der Waals surface area contributed by atoms with Gasteiger partial charge in [0.05, 0.1) is 0 Å². The van der Waals surface area contributed by atoms with Gasteiger partial charge in [-0.05, 0) is 74.5 Å². The summed E-state index contributed by atoms with van der Waals surface area (Å²) >= 11 is 0. The fourth-order valence-electron chi connectivity index (χ4n) is 4.81. The minimum absolute atomic E-state index is 0.1000. The molecule has 4 atom stereocenters. The van der Waals surface area contributed by atoms with Crippen molar-refractivity contribution in [2.45, 2.75) is 71.6 Å². The molecule has 2 nitrogen and oxygen atoms in total. The maximum Gasteiger partial charge on any atom is 0.161 e. The van der Waals surface area contributed by atoms with Gasteiger partial charge in [0.15, 0.2) is 11.5 Å². The third-order valence-corrected chi connectivity index (χ3v) is 5.81. The van der Waals surface area contributed by atoms with Crippen molar-refractivity contribution < 1.29 is 10.2 Å². The van der Waals surface area contributed by atoms with Gasteiger partial charge in [0.1, 0.15) is 0 Å². The fraction of sp³-hybridized carbons (Fsp3) is 0.600. The summed E-state index contributed by atoms with van der Waals surface area (Å²) in [6.07, 6.45) is 5.78. The van der Waals surface area contributed by atoms with Crippen LogP contribution in [0, 0.1) is 12.8 Å².